The minimum absolute atomic E-state index is 0.295. The van der Waals surface area contributed by atoms with Crippen molar-refractivity contribution in [1.29, 1.82) is 0 Å². The highest BCUT2D eigenvalue weighted by molar-refractivity contribution is 6.88. The molecule has 1 unspecified atom stereocenters. The summed E-state index contributed by atoms with van der Waals surface area (Å²) >= 11 is 0. The average molecular weight is 206 g/mol. The van der Waals surface area contributed by atoms with Gasteiger partial charge in [-0.05, 0) is 30.0 Å². The Bertz CT molecular complexity index is 344. The fourth-order valence-electron chi connectivity index (χ4n) is 2.82. The summed E-state index contributed by atoms with van der Waals surface area (Å²) in [5.74, 6) is 0.730. The van der Waals surface area contributed by atoms with Crippen LogP contribution in [0, 0.1) is 5.92 Å². The summed E-state index contributed by atoms with van der Waals surface area (Å²) in [6, 6.07) is 0. The van der Waals surface area contributed by atoms with Crippen LogP contribution in [0.4, 0.5) is 0 Å². The van der Waals surface area contributed by atoms with E-state index in [-0.39, 0.29) is 0 Å². The van der Waals surface area contributed by atoms with Crippen molar-refractivity contribution in [3.63, 3.8) is 0 Å². The van der Waals surface area contributed by atoms with Crippen LogP contribution in [0.1, 0.15) is 19.3 Å². The Morgan fingerprint density at radius 1 is 1.36 bits per heavy atom. The Morgan fingerprint density at radius 2 is 2.00 bits per heavy atom. The van der Waals surface area contributed by atoms with Crippen molar-refractivity contribution in [2.24, 2.45) is 5.92 Å². The highest BCUT2D eigenvalue weighted by atomic mass is 28.3. The van der Waals surface area contributed by atoms with E-state index in [1.165, 1.54) is 17.2 Å². The smallest absolute Gasteiger partial charge is 0.181 e. The van der Waals surface area contributed by atoms with E-state index in [1.807, 2.05) is 0 Å². The second kappa shape index (κ2) is 2.93. The summed E-state index contributed by atoms with van der Waals surface area (Å²) < 4.78 is 0. The molecule has 0 bridgehead atoms. The highest BCUT2D eigenvalue weighted by Crippen LogP contribution is 2.46. The number of rotatable bonds is 1. The van der Waals surface area contributed by atoms with E-state index in [2.05, 4.69) is 26.2 Å². The first-order valence-electron chi connectivity index (χ1n) is 5.40. The molecule has 1 nitrogen and oxygen atoms in total. The molecule has 0 spiro atoms. The zero-order valence-electron chi connectivity index (χ0n) is 9.31. The van der Waals surface area contributed by atoms with Gasteiger partial charge in [0.25, 0.3) is 0 Å². The monoisotopic (exact) mass is 206 g/mol. The molecule has 0 aromatic carbocycles. The lowest BCUT2D eigenvalue weighted by atomic mass is 10.0. The Labute approximate surface area is 86.9 Å². The van der Waals surface area contributed by atoms with Crippen LogP contribution in [0.2, 0.25) is 19.6 Å². The normalized spacial score (nSPS) is 27.5. The predicted molar refractivity (Wildman–Crippen MR) is 61.9 cm³/mol. The van der Waals surface area contributed by atoms with Crippen molar-refractivity contribution in [3.05, 3.63) is 22.9 Å². The van der Waals surface area contributed by atoms with Crippen molar-refractivity contribution in [2.45, 2.75) is 38.9 Å². The maximum Gasteiger partial charge on any atom is 0.181 e. The number of hydrogen-bond donors (Lipinski definition) is 0. The topological polar surface area (TPSA) is 17.1 Å². The molecule has 2 heteroatoms. The number of fused-ring (bicyclic) bond motifs is 1. The number of hydrogen-bond acceptors (Lipinski definition) is 1. The predicted octanol–water partition coefficient (Wildman–Crippen LogP) is 3.10. The molecule has 0 aliphatic heterocycles. The number of carbonyl (C=O) groups excluding carboxylic acids is 1. The van der Waals surface area contributed by atoms with E-state index in [0.717, 1.165) is 18.4 Å². The van der Waals surface area contributed by atoms with Crippen molar-refractivity contribution in [1.82, 2.24) is 0 Å². The molecule has 0 amide bonds. The number of carbonyl (C=O) groups is 1. The molecule has 76 valence electrons. The van der Waals surface area contributed by atoms with Crippen LogP contribution in [-0.4, -0.2) is 13.9 Å². The van der Waals surface area contributed by atoms with Gasteiger partial charge in [0.05, 0.1) is 8.07 Å². The molecule has 0 N–H and O–H groups in total. The summed E-state index contributed by atoms with van der Waals surface area (Å²) in [5.41, 5.74) is 2.34. The zero-order chi connectivity index (χ0) is 10.5. The van der Waals surface area contributed by atoms with Crippen molar-refractivity contribution >= 4 is 13.9 Å². The van der Waals surface area contributed by atoms with Crippen LogP contribution in [0.15, 0.2) is 22.9 Å². The van der Waals surface area contributed by atoms with Gasteiger partial charge in [-0.15, -0.1) is 0 Å². The molecular formula is C12H18OSi. The largest absolute Gasteiger partial charge is 0.290 e. The molecule has 1 saturated carbocycles. The summed E-state index contributed by atoms with van der Waals surface area (Å²) in [5, 5.41) is 1.20. The maximum absolute atomic E-state index is 12.0. The Morgan fingerprint density at radius 3 is 2.57 bits per heavy atom. The van der Waals surface area contributed by atoms with Gasteiger partial charge in [0.1, 0.15) is 0 Å². The first-order valence-corrected chi connectivity index (χ1v) is 8.90. The van der Waals surface area contributed by atoms with Crippen LogP contribution >= 0.6 is 0 Å². The standard InChI is InChI=1S/C12H18OSi/c1-8-9-6-5-7-10(9)12(11(8)13)14(2,3)4/h9H,1,5-7H2,2-4H3. The Balaban J connectivity index is 2.52. The van der Waals surface area contributed by atoms with Crippen LogP contribution in [-0.2, 0) is 4.79 Å². The first kappa shape index (κ1) is 9.90. The maximum atomic E-state index is 12.0. The van der Waals surface area contributed by atoms with E-state index in [4.69, 9.17) is 0 Å². The minimum Gasteiger partial charge on any atom is -0.290 e. The van der Waals surface area contributed by atoms with E-state index >= 15 is 0 Å². The van der Waals surface area contributed by atoms with Crippen LogP contribution in [0.25, 0.3) is 0 Å². The molecule has 2 aliphatic rings. The molecule has 0 aromatic heterocycles. The van der Waals surface area contributed by atoms with Gasteiger partial charge in [-0.2, -0.15) is 0 Å². The van der Waals surface area contributed by atoms with E-state index in [9.17, 15) is 4.79 Å². The third-order valence-electron chi connectivity index (χ3n) is 3.37. The minimum atomic E-state index is -1.45. The fraction of sp³-hybridized carbons (Fsp3) is 0.583. The second-order valence-corrected chi connectivity index (χ2v) is 10.4. The lowest BCUT2D eigenvalue weighted by Crippen LogP contribution is -2.28. The van der Waals surface area contributed by atoms with Crippen molar-refractivity contribution in [2.75, 3.05) is 0 Å². The van der Waals surface area contributed by atoms with Crippen molar-refractivity contribution < 1.29 is 4.79 Å². The zero-order valence-corrected chi connectivity index (χ0v) is 10.3. The summed E-state index contributed by atoms with van der Waals surface area (Å²) in [6.07, 6.45) is 3.56. The molecule has 0 aromatic rings. The van der Waals surface area contributed by atoms with Crippen LogP contribution < -0.4 is 0 Å². The molecule has 0 saturated heterocycles. The molecule has 0 heterocycles. The summed E-state index contributed by atoms with van der Waals surface area (Å²) in [4.78, 5) is 12.0. The van der Waals surface area contributed by atoms with Gasteiger partial charge >= 0.3 is 0 Å². The van der Waals surface area contributed by atoms with E-state index in [0.29, 0.717) is 11.7 Å². The van der Waals surface area contributed by atoms with Crippen LogP contribution in [0.3, 0.4) is 0 Å². The Hall–Kier alpha value is -0.633. The molecule has 2 rings (SSSR count). The van der Waals surface area contributed by atoms with Gasteiger partial charge in [0.2, 0.25) is 0 Å². The number of ketones is 1. The molecule has 2 aliphatic carbocycles. The lowest BCUT2D eigenvalue weighted by Gasteiger charge is -2.18. The van der Waals surface area contributed by atoms with Gasteiger partial charge in [0.15, 0.2) is 5.78 Å². The molecule has 1 atom stereocenters. The third-order valence-corrected chi connectivity index (χ3v) is 5.42. The summed E-state index contributed by atoms with van der Waals surface area (Å²) in [7, 11) is -1.45. The SMILES string of the molecule is C=C1C(=O)C([Si](C)(C)C)=C2CCCC12. The fourth-order valence-corrected chi connectivity index (χ4v) is 4.92. The van der Waals surface area contributed by atoms with Gasteiger partial charge < -0.3 is 0 Å². The highest BCUT2D eigenvalue weighted by Gasteiger charge is 2.42. The van der Waals surface area contributed by atoms with Gasteiger partial charge in [-0.3, -0.25) is 4.79 Å². The van der Waals surface area contributed by atoms with Crippen LogP contribution in [0.5, 0.6) is 0 Å². The quantitative estimate of drug-likeness (QED) is 0.476. The Kier molecular flexibility index (Phi) is 2.07. The van der Waals surface area contributed by atoms with E-state index < -0.39 is 8.07 Å². The number of allylic oxidation sites excluding steroid dienone is 3. The first-order chi connectivity index (χ1) is 6.43. The lowest BCUT2D eigenvalue weighted by molar-refractivity contribution is -0.111. The van der Waals surface area contributed by atoms with Gasteiger partial charge in [-0.25, -0.2) is 0 Å². The van der Waals surface area contributed by atoms with Crippen molar-refractivity contribution in [3.8, 4) is 0 Å². The van der Waals surface area contributed by atoms with Gasteiger partial charge in [-0.1, -0.05) is 31.8 Å². The molecule has 14 heavy (non-hydrogen) atoms. The molecular weight excluding hydrogens is 188 g/mol. The van der Waals surface area contributed by atoms with Gasteiger partial charge in [0, 0.05) is 5.92 Å². The average Bonchev–Trinajstić information content (AvgIpc) is 2.55. The second-order valence-electron chi connectivity index (χ2n) is 5.45. The summed E-state index contributed by atoms with van der Waals surface area (Å²) in [6.45, 7) is 10.8. The number of Topliss-reactive ketones (excluding diaryl/α,β-unsaturated/α-hetero) is 1. The molecule has 1 fully saturated rings. The molecule has 0 radical (unpaired) electrons. The third kappa shape index (κ3) is 1.24. The van der Waals surface area contributed by atoms with E-state index in [1.54, 1.807) is 0 Å².